The number of ether oxygens (including phenoxy) is 1. The largest absolute Gasteiger partial charge is 0.497 e. The SMILES string of the molecule is COc1ccc(CN(CC(F)(F)F)C(=O)c2cccc(S(C)(=O)=O)c2)cc1. The third-order valence-electron chi connectivity index (χ3n) is 3.70. The highest BCUT2D eigenvalue weighted by atomic mass is 32.2. The van der Waals surface area contributed by atoms with Gasteiger partial charge in [-0.3, -0.25) is 4.79 Å². The smallest absolute Gasteiger partial charge is 0.406 e. The first kappa shape index (κ1) is 20.8. The van der Waals surface area contributed by atoms with Crippen molar-refractivity contribution >= 4 is 15.7 Å². The highest BCUT2D eigenvalue weighted by Crippen LogP contribution is 2.22. The minimum Gasteiger partial charge on any atom is -0.497 e. The van der Waals surface area contributed by atoms with E-state index in [-0.39, 0.29) is 17.0 Å². The van der Waals surface area contributed by atoms with E-state index >= 15 is 0 Å². The number of alkyl halides is 3. The third-order valence-corrected chi connectivity index (χ3v) is 4.81. The summed E-state index contributed by atoms with van der Waals surface area (Å²) in [5.74, 6) is -0.373. The van der Waals surface area contributed by atoms with Crippen LogP contribution in [0, 0.1) is 0 Å². The van der Waals surface area contributed by atoms with Gasteiger partial charge in [-0.1, -0.05) is 18.2 Å². The molecule has 2 rings (SSSR count). The summed E-state index contributed by atoms with van der Waals surface area (Å²) in [5.41, 5.74) is 0.350. The summed E-state index contributed by atoms with van der Waals surface area (Å²) in [5, 5.41) is 0. The molecule has 0 bridgehead atoms. The van der Waals surface area contributed by atoms with Crippen LogP contribution in [0.25, 0.3) is 0 Å². The first-order valence-electron chi connectivity index (χ1n) is 7.79. The van der Waals surface area contributed by atoms with E-state index in [9.17, 15) is 26.4 Å². The molecule has 2 aromatic carbocycles. The molecular formula is C18H18F3NO4S. The van der Waals surface area contributed by atoms with Crippen LogP contribution in [-0.4, -0.2) is 45.3 Å². The Morgan fingerprint density at radius 2 is 1.74 bits per heavy atom. The zero-order valence-corrected chi connectivity index (χ0v) is 15.5. The van der Waals surface area contributed by atoms with Gasteiger partial charge in [-0.25, -0.2) is 8.42 Å². The summed E-state index contributed by atoms with van der Waals surface area (Å²) >= 11 is 0. The van der Waals surface area contributed by atoms with E-state index in [1.807, 2.05) is 0 Å². The van der Waals surface area contributed by atoms with Gasteiger partial charge in [0.1, 0.15) is 12.3 Å². The molecule has 5 nitrogen and oxygen atoms in total. The van der Waals surface area contributed by atoms with Gasteiger partial charge >= 0.3 is 6.18 Å². The van der Waals surface area contributed by atoms with Crippen molar-refractivity contribution in [3.8, 4) is 5.75 Å². The van der Waals surface area contributed by atoms with E-state index in [0.29, 0.717) is 16.2 Å². The lowest BCUT2D eigenvalue weighted by Gasteiger charge is -2.24. The van der Waals surface area contributed by atoms with Crippen molar-refractivity contribution in [3.05, 3.63) is 59.7 Å². The Labute approximate surface area is 155 Å². The highest BCUT2D eigenvalue weighted by molar-refractivity contribution is 7.90. The number of amides is 1. The molecule has 0 aliphatic heterocycles. The van der Waals surface area contributed by atoms with E-state index in [1.54, 1.807) is 24.3 Å². The van der Waals surface area contributed by atoms with Gasteiger partial charge in [0.2, 0.25) is 0 Å². The van der Waals surface area contributed by atoms with Crippen LogP contribution in [0.3, 0.4) is 0 Å². The molecule has 0 aromatic heterocycles. The van der Waals surface area contributed by atoms with E-state index in [1.165, 1.54) is 25.3 Å². The first-order valence-corrected chi connectivity index (χ1v) is 9.68. The van der Waals surface area contributed by atoms with Gasteiger partial charge in [0, 0.05) is 18.4 Å². The van der Waals surface area contributed by atoms with E-state index in [2.05, 4.69) is 0 Å². The molecule has 0 unspecified atom stereocenters. The predicted molar refractivity (Wildman–Crippen MR) is 93.3 cm³/mol. The molecule has 0 spiro atoms. The molecule has 27 heavy (non-hydrogen) atoms. The van der Waals surface area contributed by atoms with Gasteiger partial charge in [-0.05, 0) is 35.9 Å². The molecule has 0 radical (unpaired) electrons. The maximum Gasteiger partial charge on any atom is 0.406 e. The van der Waals surface area contributed by atoms with Gasteiger partial charge in [-0.15, -0.1) is 0 Å². The van der Waals surface area contributed by atoms with Crippen LogP contribution in [0.5, 0.6) is 5.75 Å². The number of sulfone groups is 1. The number of nitrogens with zero attached hydrogens (tertiary/aromatic N) is 1. The minimum atomic E-state index is -4.60. The van der Waals surface area contributed by atoms with Crippen molar-refractivity contribution in [3.63, 3.8) is 0 Å². The van der Waals surface area contributed by atoms with Crippen molar-refractivity contribution in [2.75, 3.05) is 19.9 Å². The fourth-order valence-corrected chi connectivity index (χ4v) is 3.08. The number of benzene rings is 2. The lowest BCUT2D eigenvalue weighted by Crippen LogP contribution is -2.38. The Morgan fingerprint density at radius 3 is 2.26 bits per heavy atom. The summed E-state index contributed by atoms with van der Waals surface area (Å²) in [6, 6.07) is 11.2. The van der Waals surface area contributed by atoms with Crippen LogP contribution < -0.4 is 4.74 Å². The zero-order valence-electron chi connectivity index (χ0n) is 14.7. The molecule has 0 atom stereocenters. The lowest BCUT2D eigenvalue weighted by molar-refractivity contribution is -0.141. The monoisotopic (exact) mass is 401 g/mol. The van der Waals surface area contributed by atoms with E-state index < -0.39 is 28.5 Å². The van der Waals surface area contributed by atoms with Crippen molar-refractivity contribution in [2.24, 2.45) is 0 Å². The quantitative estimate of drug-likeness (QED) is 0.745. The molecule has 0 aliphatic rings. The topological polar surface area (TPSA) is 63.7 Å². The molecule has 0 N–H and O–H groups in total. The van der Waals surface area contributed by atoms with E-state index in [0.717, 1.165) is 12.3 Å². The molecular weight excluding hydrogens is 383 g/mol. The van der Waals surface area contributed by atoms with Gasteiger partial charge in [0.15, 0.2) is 9.84 Å². The number of carbonyl (C=O) groups is 1. The predicted octanol–water partition coefficient (Wildman–Crippen LogP) is 3.30. The summed E-state index contributed by atoms with van der Waals surface area (Å²) in [6.07, 6.45) is -3.64. The fraction of sp³-hybridized carbons (Fsp3) is 0.278. The number of carbonyl (C=O) groups excluding carboxylic acids is 1. The highest BCUT2D eigenvalue weighted by Gasteiger charge is 2.33. The molecule has 1 amide bonds. The fourth-order valence-electron chi connectivity index (χ4n) is 2.41. The van der Waals surface area contributed by atoms with Gasteiger partial charge in [0.25, 0.3) is 5.91 Å². The van der Waals surface area contributed by atoms with Crippen LogP contribution >= 0.6 is 0 Å². The van der Waals surface area contributed by atoms with Crippen molar-refractivity contribution in [1.29, 1.82) is 0 Å². The molecule has 9 heteroatoms. The minimum absolute atomic E-state index is 0.129. The normalized spacial score (nSPS) is 11.9. The van der Waals surface area contributed by atoms with Gasteiger partial charge < -0.3 is 9.64 Å². The average molecular weight is 401 g/mol. The van der Waals surface area contributed by atoms with Crippen LogP contribution in [0.4, 0.5) is 13.2 Å². The number of hydrogen-bond acceptors (Lipinski definition) is 4. The number of hydrogen-bond donors (Lipinski definition) is 0. The second-order valence-corrected chi connectivity index (χ2v) is 7.94. The molecule has 0 fully saturated rings. The molecule has 2 aromatic rings. The number of halogens is 3. The molecule has 0 aliphatic carbocycles. The Balaban J connectivity index is 2.33. The van der Waals surface area contributed by atoms with Crippen LogP contribution in [0.2, 0.25) is 0 Å². The molecule has 0 saturated heterocycles. The third kappa shape index (κ3) is 5.99. The van der Waals surface area contributed by atoms with Crippen molar-refractivity contribution in [2.45, 2.75) is 17.6 Å². The summed E-state index contributed by atoms with van der Waals surface area (Å²) in [7, 11) is -2.13. The van der Waals surface area contributed by atoms with Crippen molar-refractivity contribution < 1.29 is 31.1 Å². The summed E-state index contributed by atoms with van der Waals surface area (Å²) in [4.78, 5) is 13.1. The molecule has 0 saturated carbocycles. The Bertz CT molecular complexity index is 909. The maximum atomic E-state index is 13.0. The zero-order chi connectivity index (χ0) is 20.2. The van der Waals surface area contributed by atoms with Gasteiger partial charge in [-0.2, -0.15) is 13.2 Å². The number of methoxy groups -OCH3 is 1. The van der Waals surface area contributed by atoms with Crippen LogP contribution in [0.15, 0.2) is 53.4 Å². The second-order valence-electron chi connectivity index (χ2n) is 5.92. The number of rotatable bonds is 6. The maximum absolute atomic E-state index is 13.0. The molecule has 146 valence electrons. The molecule has 0 heterocycles. The Morgan fingerprint density at radius 1 is 1.11 bits per heavy atom. The Kier molecular flexibility index (Phi) is 6.15. The second kappa shape index (κ2) is 7.99. The van der Waals surface area contributed by atoms with Crippen LogP contribution in [-0.2, 0) is 16.4 Å². The summed E-state index contributed by atoms with van der Waals surface area (Å²) in [6.45, 7) is -1.74. The summed E-state index contributed by atoms with van der Waals surface area (Å²) < 4.78 is 67.2. The standard InChI is InChI=1S/C18H18F3NO4S/c1-26-15-8-6-13(7-9-15)11-22(12-18(19,20)21)17(23)14-4-3-5-16(10-14)27(2,24)25/h3-10H,11-12H2,1-2H3. The van der Waals surface area contributed by atoms with Crippen LogP contribution in [0.1, 0.15) is 15.9 Å². The van der Waals surface area contributed by atoms with Crippen molar-refractivity contribution in [1.82, 2.24) is 4.90 Å². The van der Waals surface area contributed by atoms with E-state index in [4.69, 9.17) is 4.74 Å². The average Bonchev–Trinajstić information content (AvgIpc) is 2.59. The first-order chi connectivity index (χ1) is 12.5. The lowest BCUT2D eigenvalue weighted by atomic mass is 10.1. The Hall–Kier alpha value is -2.55. The van der Waals surface area contributed by atoms with Gasteiger partial charge in [0.05, 0.1) is 12.0 Å².